The van der Waals surface area contributed by atoms with Crippen molar-refractivity contribution in [1.29, 1.82) is 0 Å². The Morgan fingerprint density at radius 3 is 1.15 bits per heavy atom. The summed E-state index contributed by atoms with van der Waals surface area (Å²) in [6, 6.07) is 0. The van der Waals surface area contributed by atoms with E-state index in [1.807, 2.05) is 0 Å². The Morgan fingerprint density at radius 1 is 0.846 bits per heavy atom. The van der Waals surface area contributed by atoms with Gasteiger partial charge >= 0.3 is 0 Å². The van der Waals surface area contributed by atoms with Crippen LogP contribution in [0.5, 0.6) is 0 Å². The van der Waals surface area contributed by atoms with Gasteiger partial charge in [-0.2, -0.15) is 0 Å². The van der Waals surface area contributed by atoms with Crippen molar-refractivity contribution in [3.63, 3.8) is 0 Å². The highest BCUT2D eigenvalue weighted by molar-refractivity contribution is 4.20. The maximum Gasteiger partial charge on any atom is 0.0459 e. The van der Waals surface area contributed by atoms with Crippen molar-refractivity contribution < 1.29 is 4.74 Å². The van der Waals surface area contributed by atoms with Crippen molar-refractivity contribution in [3.05, 3.63) is 0 Å². The van der Waals surface area contributed by atoms with Crippen LogP contribution in [0.15, 0.2) is 0 Å². The SMILES string of the molecule is CC(C)C.CCCC.CCCOC. The molecule has 0 aliphatic carbocycles. The highest BCUT2D eigenvalue weighted by atomic mass is 16.5. The van der Waals surface area contributed by atoms with E-state index in [9.17, 15) is 0 Å². The lowest BCUT2D eigenvalue weighted by Gasteiger charge is -1.84. The molecule has 0 atom stereocenters. The van der Waals surface area contributed by atoms with Crippen LogP contribution in [-0.4, -0.2) is 13.7 Å². The molecule has 13 heavy (non-hydrogen) atoms. The molecule has 0 aliphatic heterocycles. The van der Waals surface area contributed by atoms with Crippen LogP contribution in [0.4, 0.5) is 0 Å². The van der Waals surface area contributed by atoms with Gasteiger partial charge in [-0.05, 0) is 12.3 Å². The normalized spacial score (nSPS) is 8.31. The van der Waals surface area contributed by atoms with Crippen LogP contribution >= 0.6 is 0 Å². The van der Waals surface area contributed by atoms with Crippen molar-refractivity contribution in [2.24, 2.45) is 5.92 Å². The second kappa shape index (κ2) is 22.7. The molecular formula is C12H30O. The van der Waals surface area contributed by atoms with E-state index in [1.165, 1.54) is 12.8 Å². The Morgan fingerprint density at radius 2 is 1.15 bits per heavy atom. The highest BCUT2D eigenvalue weighted by Gasteiger charge is 1.68. The van der Waals surface area contributed by atoms with E-state index >= 15 is 0 Å². The standard InChI is InChI=1S/C4H10O.2C4H10/c1-3-4-5-2;1-4(2)3;1-3-4-2/h3-4H2,1-2H3;4H,1-3H3;3-4H2,1-2H3. The van der Waals surface area contributed by atoms with Gasteiger partial charge in [0.2, 0.25) is 0 Å². The predicted octanol–water partition coefficient (Wildman–Crippen LogP) is 4.51. The van der Waals surface area contributed by atoms with Gasteiger partial charge in [-0.25, -0.2) is 0 Å². The fraction of sp³-hybridized carbons (Fsp3) is 1.00. The van der Waals surface area contributed by atoms with E-state index in [-0.39, 0.29) is 0 Å². The number of ether oxygens (including phenoxy) is 1. The average Bonchev–Trinajstić information content (AvgIpc) is 2.05. The minimum atomic E-state index is 0.833. The smallest absolute Gasteiger partial charge is 0.0459 e. The lowest BCUT2D eigenvalue weighted by Crippen LogP contribution is -1.80. The molecule has 0 radical (unpaired) electrons. The molecule has 0 aromatic rings. The third kappa shape index (κ3) is 135. The first kappa shape index (κ1) is 18.7. The molecule has 1 nitrogen and oxygen atoms in total. The largest absolute Gasteiger partial charge is 0.385 e. The van der Waals surface area contributed by atoms with E-state index in [0.717, 1.165) is 18.9 Å². The van der Waals surface area contributed by atoms with E-state index in [1.54, 1.807) is 7.11 Å². The first-order valence-electron chi connectivity index (χ1n) is 5.55. The lowest BCUT2D eigenvalue weighted by atomic mass is 10.3. The minimum absolute atomic E-state index is 0.833. The fourth-order valence-electron chi connectivity index (χ4n) is 0.204. The molecule has 0 saturated heterocycles. The summed E-state index contributed by atoms with van der Waals surface area (Å²) in [5.74, 6) is 0.833. The zero-order valence-corrected chi connectivity index (χ0v) is 10.8. The Balaban J connectivity index is -0.000000117. The molecule has 0 spiro atoms. The van der Waals surface area contributed by atoms with Crippen LogP contribution in [0.3, 0.4) is 0 Å². The second-order valence-electron chi connectivity index (χ2n) is 3.72. The van der Waals surface area contributed by atoms with Crippen LogP contribution in [-0.2, 0) is 4.74 Å². The summed E-state index contributed by atoms with van der Waals surface area (Å²) in [5, 5.41) is 0. The summed E-state index contributed by atoms with van der Waals surface area (Å²) >= 11 is 0. The van der Waals surface area contributed by atoms with Gasteiger partial charge in [-0.3, -0.25) is 0 Å². The Bertz CT molecular complexity index is 44.3. The average molecular weight is 190 g/mol. The Labute approximate surface area is 85.9 Å². The Hall–Kier alpha value is -0.0400. The summed E-state index contributed by atoms with van der Waals surface area (Å²) < 4.78 is 4.69. The van der Waals surface area contributed by atoms with E-state index in [2.05, 4.69) is 41.5 Å². The molecule has 0 aromatic carbocycles. The van der Waals surface area contributed by atoms with Crippen molar-refractivity contribution in [2.45, 2.75) is 60.8 Å². The van der Waals surface area contributed by atoms with E-state index < -0.39 is 0 Å². The third-order valence-electron chi connectivity index (χ3n) is 0.908. The van der Waals surface area contributed by atoms with Gasteiger partial charge in [0.15, 0.2) is 0 Å². The van der Waals surface area contributed by atoms with Crippen molar-refractivity contribution in [2.75, 3.05) is 13.7 Å². The fourth-order valence-corrected chi connectivity index (χ4v) is 0.204. The Kier molecular flexibility index (Phi) is 32.6. The molecule has 84 valence electrons. The highest BCUT2D eigenvalue weighted by Crippen LogP contribution is 1.81. The summed E-state index contributed by atoms with van der Waals surface area (Å²) in [7, 11) is 1.71. The van der Waals surface area contributed by atoms with Crippen LogP contribution < -0.4 is 0 Å². The van der Waals surface area contributed by atoms with Crippen molar-refractivity contribution >= 4 is 0 Å². The molecule has 0 amide bonds. The molecule has 0 heterocycles. The molecule has 0 aliphatic rings. The lowest BCUT2D eigenvalue weighted by molar-refractivity contribution is 0.199. The first-order valence-corrected chi connectivity index (χ1v) is 5.55. The summed E-state index contributed by atoms with van der Waals surface area (Å²) in [4.78, 5) is 0. The topological polar surface area (TPSA) is 9.23 Å². The van der Waals surface area contributed by atoms with E-state index in [0.29, 0.717) is 0 Å². The van der Waals surface area contributed by atoms with Gasteiger partial charge in [0.1, 0.15) is 0 Å². The van der Waals surface area contributed by atoms with Crippen molar-refractivity contribution in [3.8, 4) is 0 Å². The number of hydrogen-bond acceptors (Lipinski definition) is 1. The van der Waals surface area contributed by atoms with Gasteiger partial charge in [0.25, 0.3) is 0 Å². The molecule has 0 unspecified atom stereocenters. The molecule has 1 heteroatoms. The van der Waals surface area contributed by atoms with Crippen LogP contribution in [0.1, 0.15) is 60.8 Å². The second-order valence-corrected chi connectivity index (χ2v) is 3.72. The predicted molar refractivity (Wildman–Crippen MR) is 63.3 cm³/mol. The monoisotopic (exact) mass is 190 g/mol. The molecule has 0 aromatic heterocycles. The molecular weight excluding hydrogens is 160 g/mol. The number of unbranched alkanes of at least 4 members (excludes halogenated alkanes) is 1. The van der Waals surface area contributed by atoms with E-state index in [4.69, 9.17) is 4.74 Å². The van der Waals surface area contributed by atoms with Gasteiger partial charge in [0.05, 0.1) is 0 Å². The molecule has 0 saturated carbocycles. The summed E-state index contributed by atoms with van der Waals surface area (Å²) in [5.41, 5.74) is 0. The zero-order chi connectivity index (χ0) is 11.1. The maximum absolute atomic E-state index is 4.69. The van der Waals surface area contributed by atoms with Crippen LogP contribution in [0.2, 0.25) is 0 Å². The quantitative estimate of drug-likeness (QED) is 0.636. The molecule has 0 bridgehead atoms. The minimum Gasteiger partial charge on any atom is -0.385 e. The number of rotatable bonds is 3. The van der Waals surface area contributed by atoms with Gasteiger partial charge in [-0.15, -0.1) is 0 Å². The number of methoxy groups -OCH3 is 1. The first-order chi connectivity index (χ1) is 6.06. The maximum atomic E-state index is 4.69. The van der Waals surface area contributed by atoms with Crippen LogP contribution in [0.25, 0.3) is 0 Å². The number of hydrogen-bond donors (Lipinski definition) is 0. The molecule has 0 fully saturated rings. The van der Waals surface area contributed by atoms with Gasteiger partial charge < -0.3 is 4.74 Å². The zero-order valence-electron chi connectivity index (χ0n) is 10.8. The van der Waals surface area contributed by atoms with Gasteiger partial charge in [0, 0.05) is 13.7 Å². The van der Waals surface area contributed by atoms with Crippen molar-refractivity contribution in [1.82, 2.24) is 0 Å². The van der Waals surface area contributed by atoms with Gasteiger partial charge in [-0.1, -0.05) is 54.4 Å². The molecule has 0 rings (SSSR count). The summed E-state index contributed by atoms with van der Waals surface area (Å²) in [6.45, 7) is 13.8. The summed E-state index contributed by atoms with van der Waals surface area (Å²) in [6.07, 6.45) is 3.76. The molecule has 0 N–H and O–H groups in total. The van der Waals surface area contributed by atoms with Crippen LogP contribution in [0, 0.1) is 5.92 Å². The third-order valence-corrected chi connectivity index (χ3v) is 0.908.